The zero-order valence-electron chi connectivity index (χ0n) is 11.2. The zero-order chi connectivity index (χ0) is 13.8. The Labute approximate surface area is 107 Å². The van der Waals surface area contributed by atoms with Crippen LogP contribution in [0.2, 0.25) is 0 Å². The minimum atomic E-state index is -3.36. The van der Waals surface area contributed by atoms with Gasteiger partial charge in [-0.05, 0) is 13.3 Å². The Hall–Kier alpha value is -0.900. The smallest absolute Gasteiger partial charge is 0.364 e. The first-order valence-electron chi connectivity index (χ1n) is 5.84. The summed E-state index contributed by atoms with van der Waals surface area (Å²) in [6, 6.07) is 1.46. The Morgan fingerprint density at radius 2 is 2.00 bits per heavy atom. The number of hydrogen-bond acceptors (Lipinski definition) is 5. The Bertz CT molecular complexity index is 455. The van der Waals surface area contributed by atoms with Gasteiger partial charge in [-0.25, -0.2) is 0 Å². The van der Waals surface area contributed by atoms with Crippen molar-refractivity contribution in [3.8, 4) is 0 Å². The van der Waals surface area contributed by atoms with Crippen molar-refractivity contribution in [1.82, 2.24) is 0 Å². The molecule has 0 N–H and O–H groups in total. The molecule has 1 aromatic rings. The average Bonchev–Trinajstić information content (AvgIpc) is 2.77. The fraction of sp³-hybridized carbons (Fsp3) is 0.583. The predicted octanol–water partition coefficient (Wildman–Crippen LogP) is 3.07. The van der Waals surface area contributed by atoms with E-state index in [0.717, 1.165) is 12.8 Å². The Kier molecular flexibility index (Phi) is 5.32. The van der Waals surface area contributed by atoms with Crippen LogP contribution >= 0.6 is 7.60 Å². The first-order valence-corrected chi connectivity index (χ1v) is 7.38. The van der Waals surface area contributed by atoms with Gasteiger partial charge in [0.15, 0.2) is 11.5 Å². The lowest BCUT2D eigenvalue weighted by molar-refractivity contribution is 0.0951. The lowest BCUT2D eigenvalue weighted by atomic mass is 10.1. The molecule has 18 heavy (non-hydrogen) atoms. The Morgan fingerprint density at radius 1 is 1.39 bits per heavy atom. The Morgan fingerprint density at radius 3 is 2.50 bits per heavy atom. The third-order valence-electron chi connectivity index (χ3n) is 2.70. The van der Waals surface area contributed by atoms with Gasteiger partial charge in [-0.2, -0.15) is 0 Å². The number of aryl methyl sites for hydroxylation is 1. The lowest BCUT2D eigenvalue weighted by Crippen LogP contribution is -2.08. The molecule has 0 aromatic carbocycles. The van der Waals surface area contributed by atoms with Crippen LogP contribution in [0, 0.1) is 6.92 Å². The van der Waals surface area contributed by atoms with E-state index in [0.29, 0.717) is 17.5 Å². The van der Waals surface area contributed by atoms with Crippen LogP contribution in [0.5, 0.6) is 0 Å². The molecule has 0 saturated carbocycles. The largest absolute Gasteiger partial charge is 0.457 e. The molecule has 0 fully saturated rings. The summed E-state index contributed by atoms with van der Waals surface area (Å²) in [7, 11) is -0.760. The van der Waals surface area contributed by atoms with Crippen molar-refractivity contribution < 1.29 is 22.8 Å². The van der Waals surface area contributed by atoms with E-state index in [-0.39, 0.29) is 11.5 Å². The number of rotatable bonds is 7. The highest BCUT2D eigenvalue weighted by atomic mass is 31.2. The van der Waals surface area contributed by atoms with E-state index in [1.165, 1.54) is 20.3 Å². The number of carbonyl (C=O) groups excluding carboxylic acids is 1. The molecule has 0 unspecified atom stereocenters. The summed E-state index contributed by atoms with van der Waals surface area (Å²) in [5, 5.41) is 0.312. The molecule has 0 radical (unpaired) electrons. The van der Waals surface area contributed by atoms with Crippen LogP contribution in [0.25, 0.3) is 0 Å². The molecular formula is C12H19O5P. The molecule has 1 aromatic heterocycles. The van der Waals surface area contributed by atoms with Gasteiger partial charge in [-0.3, -0.25) is 9.36 Å². The number of ketones is 1. The van der Waals surface area contributed by atoms with Crippen LogP contribution in [-0.2, 0) is 13.6 Å². The second kappa shape index (κ2) is 6.32. The molecule has 0 bridgehead atoms. The van der Waals surface area contributed by atoms with Gasteiger partial charge in [0.1, 0.15) is 11.1 Å². The van der Waals surface area contributed by atoms with Gasteiger partial charge in [0, 0.05) is 26.7 Å². The highest BCUT2D eigenvalue weighted by molar-refractivity contribution is 7.62. The van der Waals surface area contributed by atoms with Gasteiger partial charge in [0.25, 0.3) is 0 Å². The topological polar surface area (TPSA) is 65.7 Å². The molecule has 6 heteroatoms. The van der Waals surface area contributed by atoms with Gasteiger partial charge in [-0.1, -0.05) is 13.3 Å². The van der Waals surface area contributed by atoms with E-state index in [9.17, 15) is 9.36 Å². The highest BCUT2D eigenvalue weighted by Crippen LogP contribution is 2.46. The minimum Gasteiger partial charge on any atom is -0.457 e. The third kappa shape index (κ3) is 3.10. The number of hydrogen-bond donors (Lipinski definition) is 0. The SMILES string of the molecule is CCCCC(=O)c1cc(P(=O)(OC)OC)c(C)o1. The lowest BCUT2D eigenvalue weighted by Gasteiger charge is -2.11. The van der Waals surface area contributed by atoms with Crippen molar-refractivity contribution >= 4 is 18.7 Å². The second-order valence-corrected chi connectivity index (χ2v) is 6.15. The van der Waals surface area contributed by atoms with Crippen molar-refractivity contribution in [3.05, 3.63) is 17.6 Å². The number of carbonyl (C=O) groups is 1. The molecule has 0 spiro atoms. The van der Waals surface area contributed by atoms with Gasteiger partial charge >= 0.3 is 7.60 Å². The summed E-state index contributed by atoms with van der Waals surface area (Å²) in [4.78, 5) is 11.8. The first-order chi connectivity index (χ1) is 8.48. The summed E-state index contributed by atoms with van der Waals surface area (Å²) in [5.74, 6) is 0.511. The quantitative estimate of drug-likeness (QED) is 0.564. The summed E-state index contributed by atoms with van der Waals surface area (Å²) in [6.45, 7) is 3.65. The summed E-state index contributed by atoms with van der Waals surface area (Å²) >= 11 is 0. The number of furan rings is 1. The fourth-order valence-corrected chi connectivity index (χ4v) is 2.86. The number of unbranched alkanes of at least 4 members (excludes halogenated alkanes) is 1. The summed E-state index contributed by atoms with van der Waals surface area (Å²) < 4.78 is 27.3. The van der Waals surface area contributed by atoms with E-state index >= 15 is 0 Å². The van der Waals surface area contributed by atoms with Gasteiger partial charge < -0.3 is 13.5 Å². The molecule has 0 aliphatic rings. The van der Waals surface area contributed by atoms with Crippen molar-refractivity contribution in [2.75, 3.05) is 14.2 Å². The van der Waals surface area contributed by atoms with Crippen LogP contribution in [-0.4, -0.2) is 20.0 Å². The first kappa shape index (κ1) is 15.2. The van der Waals surface area contributed by atoms with E-state index in [1.807, 2.05) is 6.92 Å². The van der Waals surface area contributed by atoms with Crippen molar-refractivity contribution in [2.24, 2.45) is 0 Å². The molecule has 0 amide bonds. The maximum Gasteiger partial charge on any atom is 0.364 e. The Balaban J connectivity index is 3.01. The van der Waals surface area contributed by atoms with E-state index in [1.54, 1.807) is 6.92 Å². The molecule has 0 aliphatic carbocycles. The molecular weight excluding hydrogens is 255 g/mol. The summed E-state index contributed by atoms with van der Waals surface area (Å²) in [5.41, 5.74) is 0. The molecule has 5 nitrogen and oxygen atoms in total. The van der Waals surface area contributed by atoms with Crippen LogP contribution in [0.3, 0.4) is 0 Å². The van der Waals surface area contributed by atoms with Crippen molar-refractivity contribution in [1.29, 1.82) is 0 Å². The maximum atomic E-state index is 12.2. The normalized spacial score (nSPS) is 11.8. The second-order valence-electron chi connectivity index (χ2n) is 3.94. The molecule has 102 valence electrons. The summed E-state index contributed by atoms with van der Waals surface area (Å²) in [6.07, 6.45) is 2.17. The fourth-order valence-electron chi connectivity index (χ4n) is 1.61. The van der Waals surface area contributed by atoms with E-state index in [4.69, 9.17) is 13.5 Å². The average molecular weight is 274 g/mol. The molecule has 1 heterocycles. The molecule has 1 rings (SSSR count). The highest BCUT2D eigenvalue weighted by Gasteiger charge is 2.30. The molecule has 0 atom stereocenters. The molecule has 0 saturated heterocycles. The van der Waals surface area contributed by atoms with Gasteiger partial charge in [-0.15, -0.1) is 0 Å². The predicted molar refractivity (Wildman–Crippen MR) is 68.6 cm³/mol. The van der Waals surface area contributed by atoms with Crippen LogP contribution < -0.4 is 5.30 Å². The number of Topliss-reactive ketones (excluding diaryl/α,β-unsaturated/α-hetero) is 1. The monoisotopic (exact) mass is 274 g/mol. The van der Waals surface area contributed by atoms with Gasteiger partial charge in [0.2, 0.25) is 0 Å². The molecule has 0 aliphatic heterocycles. The minimum absolute atomic E-state index is 0.0926. The van der Waals surface area contributed by atoms with Crippen molar-refractivity contribution in [2.45, 2.75) is 33.1 Å². The van der Waals surface area contributed by atoms with Crippen LogP contribution in [0.4, 0.5) is 0 Å². The van der Waals surface area contributed by atoms with E-state index in [2.05, 4.69) is 0 Å². The van der Waals surface area contributed by atoms with Crippen LogP contribution in [0.15, 0.2) is 10.5 Å². The van der Waals surface area contributed by atoms with Crippen molar-refractivity contribution in [3.63, 3.8) is 0 Å². The van der Waals surface area contributed by atoms with Crippen LogP contribution in [0.1, 0.15) is 42.5 Å². The van der Waals surface area contributed by atoms with E-state index < -0.39 is 7.60 Å². The third-order valence-corrected chi connectivity index (χ3v) is 4.70. The zero-order valence-corrected chi connectivity index (χ0v) is 12.1. The maximum absolute atomic E-state index is 12.2. The van der Waals surface area contributed by atoms with Gasteiger partial charge in [0.05, 0.1) is 0 Å². The standard InChI is InChI=1S/C12H19O5P/c1-5-6-7-10(13)11-8-12(9(2)17-11)18(14,15-3)16-4/h8H,5-7H2,1-4H3.